The Morgan fingerprint density at radius 3 is 2.15 bits per heavy atom. The van der Waals surface area contributed by atoms with Crippen LogP contribution < -0.4 is 10.1 Å². The summed E-state index contributed by atoms with van der Waals surface area (Å²) in [6, 6.07) is 6.80. The quantitative estimate of drug-likeness (QED) is 0.483. The molecule has 4 bridgehead atoms. The van der Waals surface area contributed by atoms with E-state index < -0.39 is 11.7 Å². The van der Waals surface area contributed by atoms with Crippen LogP contribution in [0.1, 0.15) is 37.7 Å². The van der Waals surface area contributed by atoms with Crippen LogP contribution >= 0.6 is 0 Å². The highest BCUT2D eigenvalue weighted by Crippen LogP contribution is 2.53. The van der Waals surface area contributed by atoms with Crippen LogP contribution in [-0.4, -0.2) is 29.9 Å². The molecule has 0 spiro atoms. The van der Waals surface area contributed by atoms with E-state index in [-0.39, 0.29) is 11.8 Å². The van der Waals surface area contributed by atoms with Crippen molar-refractivity contribution in [3.05, 3.63) is 35.9 Å². The number of hydrogen-bond acceptors (Lipinski definition) is 4. The second-order valence-electron chi connectivity index (χ2n) is 8.05. The summed E-state index contributed by atoms with van der Waals surface area (Å²) in [5.41, 5.74) is 0.474. The zero-order valence-electron chi connectivity index (χ0n) is 15.0. The standard InChI is InChI=1S/C21H25NO4/c1-26-17-4-2-14(3-5-17)18(23)11-19(24)21(25)22-20-15-7-12-6-13(9-15)10-16(20)8-12/h2-5,11-13,15-16,20,23H,6-10H2,1H3,(H,22,25). The van der Waals surface area contributed by atoms with Crippen LogP contribution in [-0.2, 0) is 9.59 Å². The molecule has 26 heavy (non-hydrogen) atoms. The molecule has 4 aliphatic rings. The summed E-state index contributed by atoms with van der Waals surface area (Å²) in [4.78, 5) is 24.6. The molecule has 1 aromatic rings. The molecule has 0 heterocycles. The number of ether oxygens (including phenoxy) is 1. The lowest BCUT2D eigenvalue weighted by Crippen LogP contribution is -2.56. The Labute approximate surface area is 153 Å². The minimum absolute atomic E-state index is 0.121. The Hall–Kier alpha value is -2.30. The normalized spacial score (nSPS) is 32.3. The largest absolute Gasteiger partial charge is 0.507 e. The number of benzene rings is 1. The fraction of sp³-hybridized carbons (Fsp3) is 0.524. The fourth-order valence-corrected chi connectivity index (χ4v) is 5.42. The highest BCUT2D eigenvalue weighted by atomic mass is 16.5. The van der Waals surface area contributed by atoms with E-state index in [0.29, 0.717) is 23.1 Å². The summed E-state index contributed by atoms with van der Waals surface area (Å²) in [5, 5.41) is 13.1. The van der Waals surface area contributed by atoms with Gasteiger partial charge >= 0.3 is 0 Å². The molecule has 0 aliphatic heterocycles. The van der Waals surface area contributed by atoms with Crippen LogP contribution in [0.4, 0.5) is 0 Å². The van der Waals surface area contributed by atoms with Gasteiger partial charge in [0.25, 0.3) is 5.91 Å². The van der Waals surface area contributed by atoms with Crippen molar-refractivity contribution in [1.29, 1.82) is 0 Å². The van der Waals surface area contributed by atoms with E-state index in [4.69, 9.17) is 4.74 Å². The van der Waals surface area contributed by atoms with Gasteiger partial charge in [0.1, 0.15) is 11.5 Å². The molecule has 4 aliphatic carbocycles. The van der Waals surface area contributed by atoms with Crippen LogP contribution in [0.25, 0.3) is 5.76 Å². The van der Waals surface area contributed by atoms with Gasteiger partial charge in [-0.15, -0.1) is 0 Å². The molecule has 4 saturated carbocycles. The lowest BCUT2D eigenvalue weighted by molar-refractivity contribution is -0.137. The smallest absolute Gasteiger partial charge is 0.292 e. The maximum absolute atomic E-state index is 12.4. The van der Waals surface area contributed by atoms with Gasteiger partial charge in [-0.1, -0.05) is 0 Å². The van der Waals surface area contributed by atoms with Crippen molar-refractivity contribution in [2.75, 3.05) is 7.11 Å². The van der Waals surface area contributed by atoms with Crippen molar-refractivity contribution in [2.24, 2.45) is 23.7 Å². The molecule has 0 atom stereocenters. The van der Waals surface area contributed by atoms with E-state index in [1.807, 2.05) is 0 Å². The van der Waals surface area contributed by atoms with Crippen molar-refractivity contribution in [3.63, 3.8) is 0 Å². The second-order valence-corrected chi connectivity index (χ2v) is 8.05. The summed E-state index contributed by atoms with van der Waals surface area (Å²) < 4.78 is 5.07. The number of ketones is 1. The summed E-state index contributed by atoms with van der Waals surface area (Å²) >= 11 is 0. The van der Waals surface area contributed by atoms with Gasteiger partial charge in [0, 0.05) is 17.7 Å². The molecule has 138 valence electrons. The number of amides is 1. The predicted octanol–water partition coefficient (Wildman–Crippen LogP) is 3.10. The Bertz CT molecular complexity index is 709. The lowest BCUT2D eigenvalue weighted by atomic mass is 9.54. The highest BCUT2D eigenvalue weighted by Gasteiger charge is 2.48. The molecular weight excluding hydrogens is 330 g/mol. The van der Waals surface area contributed by atoms with E-state index in [9.17, 15) is 14.7 Å². The first-order valence-corrected chi connectivity index (χ1v) is 9.43. The number of carbonyl (C=O) groups excluding carboxylic acids is 2. The van der Waals surface area contributed by atoms with Crippen molar-refractivity contribution in [1.82, 2.24) is 5.32 Å². The van der Waals surface area contributed by atoms with Gasteiger partial charge in [-0.25, -0.2) is 0 Å². The topological polar surface area (TPSA) is 75.6 Å². The predicted molar refractivity (Wildman–Crippen MR) is 97.6 cm³/mol. The number of hydrogen-bond donors (Lipinski definition) is 2. The molecule has 0 saturated heterocycles. The van der Waals surface area contributed by atoms with E-state index in [0.717, 1.165) is 17.9 Å². The van der Waals surface area contributed by atoms with Crippen LogP contribution in [0.2, 0.25) is 0 Å². The van der Waals surface area contributed by atoms with Crippen molar-refractivity contribution < 1.29 is 19.4 Å². The van der Waals surface area contributed by atoms with E-state index >= 15 is 0 Å². The van der Waals surface area contributed by atoms with Gasteiger partial charge in [0.15, 0.2) is 0 Å². The maximum atomic E-state index is 12.4. The van der Waals surface area contributed by atoms with Gasteiger partial charge in [-0.05, 0) is 80.0 Å². The Balaban J connectivity index is 1.40. The summed E-state index contributed by atoms with van der Waals surface area (Å²) in [6.45, 7) is 0. The number of aliphatic hydroxyl groups excluding tert-OH is 1. The molecule has 1 aromatic carbocycles. The van der Waals surface area contributed by atoms with Crippen LogP contribution in [0.15, 0.2) is 30.3 Å². The highest BCUT2D eigenvalue weighted by molar-refractivity contribution is 6.41. The second kappa shape index (κ2) is 6.78. The molecule has 5 heteroatoms. The summed E-state index contributed by atoms with van der Waals surface area (Å²) in [7, 11) is 1.56. The molecule has 1 amide bonds. The number of aliphatic hydroxyl groups is 1. The van der Waals surface area contributed by atoms with Crippen LogP contribution in [0.5, 0.6) is 5.75 Å². The van der Waals surface area contributed by atoms with Gasteiger partial charge < -0.3 is 15.2 Å². The molecule has 0 unspecified atom stereocenters. The first-order chi connectivity index (χ1) is 12.5. The Kier molecular flexibility index (Phi) is 4.47. The fourth-order valence-electron chi connectivity index (χ4n) is 5.42. The molecule has 2 N–H and O–H groups in total. The number of nitrogens with one attached hydrogen (secondary N) is 1. The summed E-state index contributed by atoms with van der Waals surface area (Å²) in [6.07, 6.45) is 7.08. The third kappa shape index (κ3) is 3.22. The maximum Gasteiger partial charge on any atom is 0.292 e. The third-order valence-corrected chi connectivity index (χ3v) is 6.40. The molecular formula is C21H25NO4. The zero-order chi connectivity index (χ0) is 18.3. The van der Waals surface area contributed by atoms with Crippen LogP contribution in [0, 0.1) is 23.7 Å². The first-order valence-electron chi connectivity index (χ1n) is 9.43. The minimum atomic E-state index is -0.702. The molecule has 0 radical (unpaired) electrons. The Morgan fingerprint density at radius 2 is 1.62 bits per heavy atom. The van der Waals surface area contributed by atoms with Gasteiger partial charge in [0.2, 0.25) is 5.78 Å². The van der Waals surface area contributed by atoms with E-state index in [1.165, 1.54) is 32.1 Å². The number of methoxy groups -OCH3 is 1. The lowest BCUT2D eigenvalue weighted by Gasteiger charge is -2.54. The van der Waals surface area contributed by atoms with Crippen molar-refractivity contribution in [2.45, 2.75) is 38.1 Å². The van der Waals surface area contributed by atoms with E-state index in [2.05, 4.69) is 5.32 Å². The number of carbonyl (C=O) groups is 2. The van der Waals surface area contributed by atoms with Gasteiger partial charge in [-0.3, -0.25) is 9.59 Å². The summed E-state index contributed by atoms with van der Waals surface area (Å²) in [5.74, 6) is 1.81. The molecule has 5 rings (SSSR count). The van der Waals surface area contributed by atoms with Crippen LogP contribution in [0.3, 0.4) is 0 Å². The average molecular weight is 355 g/mol. The van der Waals surface area contributed by atoms with Crippen molar-refractivity contribution in [3.8, 4) is 5.75 Å². The van der Waals surface area contributed by atoms with Gasteiger partial charge in [-0.2, -0.15) is 0 Å². The number of rotatable bonds is 5. The molecule has 4 fully saturated rings. The molecule has 5 nitrogen and oxygen atoms in total. The third-order valence-electron chi connectivity index (χ3n) is 6.40. The molecule has 0 aromatic heterocycles. The first kappa shape index (κ1) is 17.1. The van der Waals surface area contributed by atoms with E-state index in [1.54, 1.807) is 31.4 Å². The monoisotopic (exact) mass is 355 g/mol. The average Bonchev–Trinajstić information content (AvgIpc) is 2.63. The zero-order valence-corrected chi connectivity index (χ0v) is 15.0. The Morgan fingerprint density at radius 1 is 1.04 bits per heavy atom. The minimum Gasteiger partial charge on any atom is -0.507 e. The SMILES string of the molecule is COc1ccc(C(O)=CC(=O)C(=O)NC2C3CC4CC(C3)CC2C4)cc1. The van der Waals surface area contributed by atoms with Gasteiger partial charge in [0.05, 0.1) is 7.11 Å². The van der Waals surface area contributed by atoms with Crippen molar-refractivity contribution >= 4 is 17.4 Å².